The molecule has 0 radical (unpaired) electrons. The molecule has 0 fully saturated rings. The van der Waals surface area contributed by atoms with E-state index in [4.69, 9.17) is 43.3 Å². The molecular formula is C26H45ClO8Si2. The van der Waals surface area contributed by atoms with Gasteiger partial charge in [0.25, 0.3) is 0 Å². The van der Waals surface area contributed by atoms with E-state index < -0.39 is 17.6 Å². The highest BCUT2D eigenvalue weighted by atomic mass is 35.5. The minimum Gasteiger partial charge on any atom is -0.508 e. The summed E-state index contributed by atoms with van der Waals surface area (Å²) in [5, 5.41) is 18.5. The molecule has 0 aliphatic heterocycles. The Balaban J connectivity index is 0.000000579. The summed E-state index contributed by atoms with van der Waals surface area (Å²) in [5.74, 6) is 1.29. The molecule has 212 valence electrons. The zero-order valence-corrected chi connectivity index (χ0v) is 26.3. The van der Waals surface area contributed by atoms with Crippen molar-refractivity contribution >= 4 is 29.2 Å². The molecule has 2 rings (SSSR count). The lowest BCUT2D eigenvalue weighted by molar-refractivity contribution is 0.122. The Kier molecular flexibility index (Phi) is 18.8. The number of halogens is 1. The Morgan fingerprint density at radius 3 is 1.49 bits per heavy atom. The van der Waals surface area contributed by atoms with Gasteiger partial charge in [0.2, 0.25) is 0 Å². The van der Waals surface area contributed by atoms with Gasteiger partial charge in [0, 0.05) is 60.6 Å². The highest BCUT2D eigenvalue weighted by Crippen LogP contribution is 2.23. The molecule has 11 heteroatoms. The Hall–Kier alpha value is -1.48. The lowest BCUT2D eigenvalue weighted by Gasteiger charge is -2.24. The Bertz CT molecular complexity index is 809. The van der Waals surface area contributed by atoms with Crippen molar-refractivity contribution in [1.82, 2.24) is 0 Å². The molecule has 2 aromatic carbocycles. The highest BCUT2D eigenvalue weighted by molar-refractivity contribution is 6.60. The lowest BCUT2D eigenvalue weighted by atomic mass is 10.1. The van der Waals surface area contributed by atoms with Crippen LogP contribution in [0.2, 0.25) is 12.1 Å². The zero-order valence-electron chi connectivity index (χ0n) is 23.5. The van der Waals surface area contributed by atoms with Crippen LogP contribution in [0.1, 0.15) is 29.5 Å². The van der Waals surface area contributed by atoms with Crippen LogP contribution in [-0.4, -0.2) is 76.4 Å². The van der Waals surface area contributed by atoms with Gasteiger partial charge >= 0.3 is 17.6 Å². The summed E-state index contributed by atoms with van der Waals surface area (Å²) in [6.45, 7) is 4.00. The summed E-state index contributed by atoms with van der Waals surface area (Å²) in [6, 6.07) is 14.2. The topological polar surface area (TPSA) is 95.8 Å². The van der Waals surface area contributed by atoms with Gasteiger partial charge in [-0.3, -0.25) is 0 Å². The van der Waals surface area contributed by atoms with Crippen molar-refractivity contribution < 1.29 is 36.8 Å². The van der Waals surface area contributed by atoms with Crippen molar-refractivity contribution in [2.45, 2.75) is 45.2 Å². The monoisotopic (exact) mass is 576 g/mol. The summed E-state index contributed by atoms with van der Waals surface area (Å²) in [4.78, 5) is 0. The van der Waals surface area contributed by atoms with Gasteiger partial charge in [0.05, 0.1) is 0 Å². The standard InChI is InChI=1S/C13H22O4Si.C7H8O.C6H15ClO3Si/c1-11-7-8-13(14)12(10-11)6-5-9-18(15-2,16-3)17-4;1-6-2-4-7(8)5-3-6;1-8-11(9-2,10-3)6-4-5-7/h7-8,10,14H,5-6,9H2,1-4H3;2-5,8H,1H3;4-6H2,1-3H3. The second-order valence-corrected chi connectivity index (χ2v) is 14.8. The van der Waals surface area contributed by atoms with Gasteiger partial charge in [0.15, 0.2) is 0 Å². The number of aryl methyl sites for hydroxylation is 3. The fraction of sp³-hybridized carbons (Fsp3) is 0.538. The van der Waals surface area contributed by atoms with E-state index in [0.29, 0.717) is 17.4 Å². The van der Waals surface area contributed by atoms with Crippen LogP contribution in [0.3, 0.4) is 0 Å². The van der Waals surface area contributed by atoms with E-state index in [9.17, 15) is 5.11 Å². The molecule has 0 saturated heterocycles. The number of phenols is 2. The van der Waals surface area contributed by atoms with E-state index in [1.54, 1.807) is 60.9 Å². The average molecular weight is 577 g/mol. The average Bonchev–Trinajstić information content (AvgIpc) is 2.92. The second kappa shape index (κ2) is 19.6. The lowest BCUT2D eigenvalue weighted by Crippen LogP contribution is -2.42. The molecule has 37 heavy (non-hydrogen) atoms. The van der Waals surface area contributed by atoms with Crippen molar-refractivity contribution in [3.8, 4) is 11.5 Å². The molecule has 0 atom stereocenters. The minimum atomic E-state index is -2.48. The van der Waals surface area contributed by atoms with Gasteiger partial charge in [0.1, 0.15) is 11.5 Å². The van der Waals surface area contributed by atoms with E-state index in [-0.39, 0.29) is 0 Å². The van der Waals surface area contributed by atoms with E-state index in [0.717, 1.165) is 42.5 Å². The molecule has 0 spiro atoms. The van der Waals surface area contributed by atoms with Gasteiger partial charge in [-0.2, -0.15) is 0 Å². The van der Waals surface area contributed by atoms with Crippen LogP contribution in [0.4, 0.5) is 0 Å². The van der Waals surface area contributed by atoms with Crippen molar-refractivity contribution in [2.75, 3.05) is 48.5 Å². The first-order chi connectivity index (χ1) is 17.6. The molecule has 0 aliphatic rings. The minimum absolute atomic E-state index is 0.329. The highest BCUT2D eigenvalue weighted by Gasteiger charge is 2.37. The SMILES string of the molecule is CO[Si](CCCCl)(OC)OC.CO[Si](CCCc1cc(C)ccc1O)(OC)OC.Cc1ccc(O)cc1. The third-order valence-corrected chi connectivity index (χ3v) is 11.6. The number of aromatic hydroxyl groups is 2. The van der Waals surface area contributed by atoms with Crippen LogP contribution in [0.25, 0.3) is 0 Å². The molecule has 2 aromatic rings. The largest absolute Gasteiger partial charge is 0.508 e. The molecule has 0 amide bonds. The molecular weight excluding hydrogens is 532 g/mol. The smallest absolute Gasteiger partial charge is 0.500 e. The summed E-state index contributed by atoms with van der Waals surface area (Å²) in [5.41, 5.74) is 3.28. The first kappa shape index (κ1) is 35.5. The van der Waals surface area contributed by atoms with Gasteiger partial charge in [-0.15, -0.1) is 11.6 Å². The number of hydrogen-bond acceptors (Lipinski definition) is 8. The summed E-state index contributed by atoms with van der Waals surface area (Å²) in [7, 11) is 4.85. The van der Waals surface area contributed by atoms with Crippen LogP contribution in [0, 0.1) is 13.8 Å². The van der Waals surface area contributed by atoms with Crippen LogP contribution >= 0.6 is 11.6 Å². The van der Waals surface area contributed by atoms with Crippen LogP contribution in [0.15, 0.2) is 42.5 Å². The number of benzene rings is 2. The van der Waals surface area contributed by atoms with Gasteiger partial charge in [-0.1, -0.05) is 35.4 Å². The predicted molar refractivity (Wildman–Crippen MR) is 153 cm³/mol. The van der Waals surface area contributed by atoms with Crippen LogP contribution < -0.4 is 0 Å². The van der Waals surface area contributed by atoms with Gasteiger partial charge in [-0.05, 0) is 56.9 Å². The maximum atomic E-state index is 9.75. The molecule has 0 aliphatic carbocycles. The van der Waals surface area contributed by atoms with Crippen molar-refractivity contribution in [2.24, 2.45) is 0 Å². The number of phenolic OH excluding ortho intramolecular Hbond substituents is 2. The summed E-state index contributed by atoms with van der Waals surface area (Å²) >= 11 is 5.53. The Morgan fingerprint density at radius 2 is 1.08 bits per heavy atom. The maximum absolute atomic E-state index is 9.75. The third-order valence-electron chi connectivity index (χ3n) is 5.68. The van der Waals surface area contributed by atoms with Crippen LogP contribution in [-0.2, 0) is 33.0 Å². The molecule has 2 N–H and O–H groups in total. The van der Waals surface area contributed by atoms with E-state index in [1.165, 1.54) is 5.56 Å². The fourth-order valence-electron chi connectivity index (χ4n) is 3.35. The number of alkyl halides is 1. The molecule has 8 nitrogen and oxygen atoms in total. The Morgan fingerprint density at radius 1 is 0.649 bits per heavy atom. The summed E-state index contributed by atoms with van der Waals surface area (Å²) in [6.07, 6.45) is 2.51. The molecule has 0 aromatic heterocycles. The number of rotatable bonds is 13. The predicted octanol–water partition coefficient (Wildman–Crippen LogP) is 5.71. The quantitative estimate of drug-likeness (QED) is 0.231. The van der Waals surface area contributed by atoms with Crippen LogP contribution in [0.5, 0.6) is 11.5 Å². The number of hydrogen-bond donors (Lipinski definition) is 2. The third kappa shape index (κ3) is 13.8. The van der Waals surface area contributed by atoms with Crippen molar-refractivity contribution in [3.63, 3.8) is 0 Å². The zero-order chi connectivity index (χ0) is 28.3. The molecule has 0 unspecified atom stereocenters. The molecule has 0 saturated carbocycles. The normalized spacial score (nSPS) is 11.3. The molecule has 0 bridgehead atoms. The molecule has 0 heterocycles. The first-order valence-corrected chi connectivity index (χ1v) is 16.4. The van der Waals surface area contributed by atoms with E-state index in [1.807, 2.05) is 38.1 Å². The second-order valence-electron chi connectivity index (χ2n) is 8.20. The van der Waals surface area contributed by atoms with Crippen molar-refractivity contribution in [3.05, 3.63) is 59.2 Å². The fourth-order valence-corrected chi connectivity index (χ4v) is 7.15. The maximum Gasteiger partial charge on any atom is 0.500 e. The van der Waals surface area contributed by atoms with Gasteiger partial charge < -0.3 is 36.8 Å². The van der Waals surface area contributed by atoms with E-state index >= 15 is 0 Å². The Labute approximate surface area is 230 Å². The van der Waals surface area contributed by atoms with Gasteiger partial charge in [-0.25, -0.2) is 0 Å². The van der Waals surface area contributed by atoms with Crippen molar-refractivity contribution in [1.29, 1.82) is 0 Å². The van der Waals surface area contributed by atoms with E-state index in [2.05, 4.69) is 0 Å². The first-order valence-electron chi connectivity index (χ1n) is 12.0. The summed E-state index contributed by atoms with van der Waals surface area (Å²) < 4.78 is 31.6.